The first-order valence-electron chi connectivity index (χ1n) is 6.81. The summed E-state index contributed by atoms with van der Waals surface area (Å²) in [6, 6.07) is 0.191. The fourth-order valence-corrected chi connectivity index (χ4v) is 2.78. The number of nitrogens with zero attached hydrogens (tertiary/aromatic N) is 1. The topological polar surface area (TPSA) is 51.1 Å². The zero-order valence-electron chi connectivity index (χ0n) is 11.0. The average molecular weight is 295 g/mol. The number of quaternary nitrogens is 1. The van der Waals surface area contributed by atoms with E-state index in [1.807, 2.05) is 0 Å². The number of rotatable bonds is 2. The Hall–Kier alpha value is -1.31. The highest BCUT2D eigenvalue weighted by Crippen LogP contribution is 2.22. The number of halogens is 3. The fourth-order valence-electron chi connectivity index (χ4n) is 2.78. The third-order valence-corrected chi connectivity index (χ3v) is 3.78. The molecule has 2 fully saturated rings. The van der Waals surface area contributed by atoms with Gasteiger partial charge in [0.05, 0.1) is 6.54 Å². The molecule has 1 heterocycles. The zero-order chi connectivity index (χ0) is 14.8. The van der Waals surface area contributed by atoms with Gasteiger partial charge in [-0.1, -0.05) is 19.3 Å². The molecule has 0 radical (unpaired) electrons. The largest absolute Gasteiger partial charge is 0.497 e. The van der Waals surface area contributed by atoms with Crippen molar-refractivity contribution in [2.45, 2.75) is 44.3 Å². The third kappa shape index (κ3) is 3.62. The first kappa shape index (κ1) is 15.1. The van der Waals surface area contributed by atoms with E-state index in [0.29, 0.717) is 6.54 Å². The quantitative estimate of drug-likeness (QED) is 0.784. The van der Waals surface area contributed by atoms with Crippen molar-refractivity contribution in [3.63, 3.8) is 0 Å². The van der Waals surface area contributed by atoms with E-state index in [9.17, 15) is 22.8 Å². The molecule has 1 saturated carbocycles. The van der Waals surface area contributed by atoms with Gasteiger partial charge in [-0.2, -0.15) is 13.2 Å². The number of amides is 1. The predicted octanol–water partition coefficient (Wildman–Crippen LogP) is 0.0667. The Balaban J connectivity index is 1.86. The summed E-state index contributed by atoms with van der Waals surface area (Å²) in [5.74, 6) is -2.49. The van der Waals surface area contributed by atoms with Crippen LogP contribution < -0.4 is 5.06 Å². The Kier molecular flexibility index (Phi) is 4.52. The van der Waals surface area contributed by atoms with Gasteiger partial charge >= 0.3 is 12.1 Å². The molecular formula is C12H18F3N2O3+. The van der Waals surface area contributed by atoms with E-state index >= 15 is 0 Å². The highest BCUT2D eigenvalue weighted by atomic mass is 19.4. The van der Waals surface area contributed by atoms with Crippen LogP contribution >= 0.6 is 0 Å². The Morgan fingerprint density at radius 2 is 1.90 bits per heavy atom. The van der Waals surface area contributed by atoms with Crippen LogP contribution in [0.15, 0.2) is 0 Å². The Bertz CT molecular complexity index is 381. The summed E-state index contributed by atoms with van der Waals surface area (Å²) in [7, 11) is 0. The summed E-state index contributed by atoms with van der Waals surface area (Å²) < 4.78 is 36.3. The van der Waals surface area contributed by atoms with Gasteiger partial charge in [0.1, 0.15) is 6.54 Å². The first-order chi connectivity index (χ1) is 9.38. The van der Waals surface area contributed by atoms with Crippen LogP contribution in [0.1, 0.15) is 32.1 Å². The molecule has 0 bridgehead atoms. The van der Waals surface area contributed by atoms with Crippen molar-refractivity contribution in [1.29, 1.82) is 0 Å². The Morgan fingerprint density at radius 1 is 1.25 bits per heavy atom. The van der Waals surface area contributed by atoms with Crippen LogP contribution in [0.5, 0.6) is 0 Å². The molecule has 1 atom stereocenters. The summed E-state index contributed by atoms with van der Waals surface area (Å²) in [6.07, 6.45) is 0.199. The van der Waals surface area contributed by atoms with Gasteiger partial charge in [-0.3, -0.25) is 9.63 Å². The number of carbonyl (C=O) groups excluding carboxylic acids is 2. The van der Waals surface area contributed by atoms with E-state index in [4.69, 9.17) is 0 Å². The predicted molar refractivity (Wildman–Crippen MR) is 61.4 cm³/mol. The molecule has 0 spiro atoms. The van der Waals surface area contributed by atoms with Gasteiger partial charge in [-0.15, -0.1) is 5.06 Å². The molecule has 1 N–H and O–H groups in total. The molecule has 0 aromatic rings. The van der Waals surface area contributed by atoms with Crippen molar-refractivity contribution >= 4 is 11.9 Å². The first-order valence-corrected chi connectivity index (χ1v) is 6.81. The maximum Gasteiger partial charge on any atom is 0.497 e. The summed E-state index contributed by atoms with van der Waals surface area (Å²) in [4.78, 5) is 28.7. The number of hydrogen-bond donors (Lipinski definition) is 1. The van der Waals surface area contributed by atoms with Crippen LogP contribution in [-0.4, -0.2) is 48.6 Å². The summed E-state index contributed by atoms with van der Waals surface area (Å²) >= 11 is 0. The lowest BCUT2D eigenvalue weighted by molar-refractivity contribution is -1.07. The smallest absolute Gasteiger partial charge is 0.329 e. The van der Waals surface area contributed by atoms with Gasteiger partial charge in [0, 0.05) is 6.04 Å². The van der Waals surface area contributed by atoms with Crippen LogP contribution in [0.3, 0.4) is 0 Å². The molecule has 2 rings (SSSR count). The lowest BCUT2D eigenvalue weighted by atomic mass is 9.94. The molecule has 8 heteroatoms. The summed E-state index contributed by atoms with van der Waals surface area (Å²) in [5.41, 5.74) is 0. The number of carbonyl (C=O) groups is 2. The third-order valence-electron chi connectivity index (χ3n) is 3.78. The number of hydroxylamine groups is 2. The van der Waals surface area contributed by atoms with Crippen LogP contribution in [0.2, 0.25) is 0 Å². The minimum Gasteiger partial charge on any atom is -0.329 e. The van der Waals surface area contributed by atoms with Gasteiger partial charge in [0.15, 0.2) is 6.54 Å². The van der Waals surface area contributed by atoms with Crippen molar-refractivity contribution in [1.82, 2.24) is 4.90 Å². The molecule has 1 unspecified atom stereocenters. The number of hydrogen-bond acceptors (Lipinski definition) is 3. The second-order valence-corrected chi connectivity index (χ2v) is 5.23. The molecule has 1 aliphatic heterocycles. The second-order valence-electron chi connectivity index (χ2n) is 5.23. The molecule has 1 aliphatic carbocycles. The molecule has 20 heavy (non-hydrogen) atoms. The van der Waals surface area contributed by atoms with Crippen molar-refractivity contribution in [3.8, 4) is 0 Å². The Morgan fingerprint density at radius 3 is 2.45 bits per heavy atom. The summed E-state index contributed by atoms with van der Waals surface area (Å²) in [6.45, 7) is 0.312. The van der Waals surface area contributed by atoms with E-state index in [2.05, 4.69) is 4.84 Å². The highest BCUT2D eigenvalue weighted by Gasteiger charge is 2.45. The lowest BCUT2D eigenvalue weighted by Crippen LogP contribution is -3.15. The molecule has 1 saturated heterocycles. The monoisotopic (exact) mass is 295 g/mol. The zero-order valence-corrected chi connectivity index (χ0v) is 11.0. The van der Waals surface area contributed by atoms with Crippen molar-refractivity contribution in [2.75, 3.05) is 19.6 Å². The maximum absolute atomic E-state index is 12.1. The molecule has 2 aliphatic rings. The maximum atomic E-state index is 12.1. The van der Waals surface area contributed by atoms with E-state index in [1.54, 1.807) is 4.90 Å². The fraction of sp³-hybridized carbons (Fsp3) is 0.833. The second kappa shape index (κ2) is 5.99. The SMILES string of the molecule is O=C1C[NH+](OC(=O)C(F)(F)F)CCN1C1CCCCC1. The molecule has 0 aromatic heterocycles. The molecule has 5 nitrogen and oxygen atoms in total. The van der Waals surface area contributed by atoms with E-state index in [-0.39, 0.29) is 30.1 Å². The minimum absolute atomic E-state index is 0.0793. The van der Waals surface area contributed by atoms with Gasteiger partial charge in [-0.05, 0) is 12.8 Å². The van der Waals surface area contributed by atoms with Crippen LogP contribution in [0.25, 0.3) is 0 Å². The Labute approximate surface area is 114 Å². The number of alkyl halides is 3. The van der Waals surface area contributed by atoms with Crippen molar-refractivity contribution in [3.05, 3.63) is 0 Å². The van der Waals surface area contributed by atoms with E-state index in [1.165, 1.54) is 6.42 Å². The van der Waals surface area contributed by atoms with E-state index in [0.717, 1.165) is 25.7 Å². The molecule has 114 valence electrons. The standard InChI is InChI=1S/C12H17F3N2O3/c13-12(14,15)11(19)20-16-6-7-17(10(18)8-16)9-4-2-1-3-5-9/h9H,1-8H2/p+1. The summed E-state index contributed by atoms with van der Waals surface area (Å²) in [5, 5.41) is -0.0793. The van der Waals surface area contributed by atoms with Crippen molar-refractivity contribution in [2.24, 2.45) is 0 Å². The van der Waals surface area contributed by atoms with Gasteiger partial charge in [0.2, 0.25) is 0 Å². The van der Waals surface area contributed by atoms with Crippen LogP contribution in [0, 0.1) is 0 Å². The molecular weight excluding hydrogens is 277 g/mol. The number of piperazine rings is 1. The average Bonchev–Trinajstić information content (AvgIpc) is 2.38. The molecule has 0 aromatic carbocycles. The minimum atomic E-state index is -5.02. The van der Waals surface area contributed by atoms with Gasteiger partial charge in [0.25, 0.3) is 5.91 Å². The van der Waals surface area contributed by atoms with Gasteiger partial charge < -0.3 is 4.90 Å². The normalized spacial score (nSPS) is 25.6. The van der Waals surface area contributed by atoms with Crippen LogP contribution in [-0.2, 0) is 14.4 Å². The highest BCUT2D eigenvalue weighted by molar-refractivity contribution is 5.78. The van der Waals surface area contributed by atoms with Gasteiger partial charge in [-0.25, -0.2) is 4.79 Å². The lowest BCUT2D eigenvalue weighted by Gasteiger charge is -2.37. The van der Waals surface area contributed by atoms with Crippen molar-refractivity contribution < 1.29 is 32.7 Å². The van der Waals surface area contributed by atoms with E-state index < -0.39 is 12.1 Å². The molecule has 1 amide bonds. The number of nitrogens with one attached hydrogen (secondary N) is 1. The van der Waals surface area contributed by atoms with Crippen LogP contribution in [0.4, 0.5) is 13.2 Å².